The molecule has 0 unspecified atom stereocenters. The summed E-state index contributed by atoms with van der Waals surface area (Å²) in [6.45, 7) is 23.7. The second kappa shape index (κ2) is 40.2. The number of nitrogens with zero attached hydrogens (tertiary/aromatic N) is 16. The van der Waals surface area contributed by atoms with E-state index in [0.717, 1.165) is 127 Å². The Bertz CT molecular complexity index is 6160. The highest BCUT2D eigenvalue weighted by molar-refractivity contribution is 6.40. The largest absolute Gasteiger partial charge is 0.385 e. The van der Waals surface area contributed by atoms with Gasteiger partial charge in [-0.2, -0.15) is 29.3 Å². The molecule has 4 saturated heterocycles. The van der Waals surface area contributed by atoms with E-state index in [4.69, 9.17) is 140 Å². The number of rotatable bonds is 16. The fourth-order valence-corrected chi connectivity index (χ4v) is 18.3. The smallest absolute Gasteiger partial charge is 0.288 e. The Kier molecular flexibility index (Phi) is 30.2. The standard InChI is InChI=1S/C26H28Cl2N4O2.C22H22Cl2F2N4O2.C21H21Cl3N4O.C20H19Cl3N4O2/c1-16-12-19(14-29)15-32-17(2)23(30-25(16)32)13-21-22(27)5-4-20(24(21)28)26(33)31-9-6-18(7-10-31)8-11-34-3;1-12-10-18(22(3,25)26)28-30-13(2)17(27-20(12)30)11-15-16(23)5-4-14(19(15)24)21(31)29-6-8-32-9-7-29;1-12-10-18(23)26-28-13(2)17(25-20(12)28)11-15-16(22)7-6-14(19(15)24)21(29)27-8-4-3-5-9-27;1-11-9-17-24-16(12(2)27(17)25-19(11)23)10-14-15(21)4-3-13(18(14)22)20(28)26-5-7-29-8-6-26/h4-5,12,15,18H,6-11,13H2,1-3H3;4-5,10H,6-9,11H2,1-3H3;6-7,10H,3-5,8-9,11H2,1-2H3;3-4,9H,5-8,10H2,1-2H3. The fraction of sp³-hybridized carbons (Fsp3) is 0.393. The number of piperidine rings is 2. The van der Waals surface area contributed by atoms with E-state index >= 15 is 0 Å². The number of imidazole rings is 4. The summed E-state index contributed by atoms with van der Waals surface area (Å²) in [6, 6.07) is 22.6. The monoisotopic (exact) mass is 1880 g/mol. The minimum Gasteiger partial charge on any atom is -0.385 e. The minimum absolute atomic E-state index is 0.0383. The number of morpholine rings is 2. The number of likely N-dealkylation sites (tertiary alicyclic amines) is 2. The van der Waals surface area contributed by atoms with Crippen molar-refractivity contribution < 1.29 is 42.2 Å². The van der Waals surface area contributed by atoms with Gasteiger partial charge in [-0.1, -0.05) is 116 Å². The van der Waals surface area contributed by atoms with Crippen LogP contribution in [0.15, 0.2) is 79.0 Å². The van der Waals surface area contributed by atoms with E-state index in [1.54, 1.807) is 101 Å². The number of alkyl halides is 2. The maximum atomic E-state index is 13.9. The summed E-state index contributed by atoms with van der Waals surface area (Å²) >= 11 is 64.9. The van der Waals surface area contributed by atoms with Crippen molar-refractivity contribution in [3.8, 4) is 6.07 Å². The molecule has 8 aromatic heterocycles. The number of hydrogen-bond donors (Lipinski definition) is 0. The van der Waals surface area contributed by atoms with Gasteiger partial charge in [0.05, 0.1) is 114 Å². The molecule has 124 heavy (non-hydrogen) atoms. The van der Waals surface area contributed by atoms with Gasteiger partial charge in [0, 0.05) is 131 Å². The van der Waals surface area contributed by atoms with E-state index in [9.17, 15) is 33.2 Å². The number of halogens is 12. The molecule has 652 valence electrons. The summed E-state index contributed by atoms with van der Waals surface area (Å²) in [6.07, 6.45) is 9.38. The van der Waals surface area contributed by atoms with Crippen molar-refractivity contribution in [1.29, 1.82) is 5.26 Å². The van der Waals surface area contributed by atoms with Crippen LogP contribution in [0, 0.1) is 72.6 Å². The van der Waals surface area contributed by atoms with Gasteiger partial charge < -0.3 is 38.2 Å². The Hall–Kier alpha value is -8.56. The topological polar surface area (TPSA) is 241 Å². The molecule has 0 atom stereocenters. The SMILES string of the molecule is COCCC1CCN(C(=O)c2ccc(Cl)c(Cc3nc4c(C)cc(C#N)cn4c3C)c2Cl)CC1.Cc1cc(C(C)(F)F)nn2c(C)c(Cc3c(Cl)ccc(C(=O)N4CCOCC4)c3Cl)nc12.Cc1cc(Cl)nn2c(C)c(Cc3c(Cl)ccc(C(=O)N4CCCCC4)c3Cl)nc12.Cc1cc2nc(Cc3c(Cl)ccc(C(=O)N4CCOCC4)c3Cl)c(C)n2nc1Cl. The lowest BCUT2D eigenvalue weighted by molar-refractivity contribution is 0.0114. The first kappa shape index (κ1) is 93.1. The number of fused-ring (bicyclic) bond motifs is 4. The first-order valence-electron chi connectivity index (χ1n) is 40.5. The summed E-state index contributed by atoms with van der Waals surface area (Å²) in [5.41, 5.74) is 16.8. The van der Waals surface area contributed by atoms with Crippen LogP contribution >= 0.6 is 116 Å². The lowest BCUT2D eigenvalue weighted by Gasteiger charge is -2.32. The Morgan fingerprint density at radius 3 is 1.29 bits per heavy atom. The van der Waals surface area contributed by atoms with Crippen molar-refractivity contribution in [2.24, 2.45) is 5.92 Å². The Balaban J connectivity index is 0.000000142. The highest BCUT2D eigenvalue weighted by Crippen LogP contribution is 2.39. The number of aromatic nitrogens is 11. The summed E-state index contributed by atoms with van der Waals surface area (Å²) in [5.74, 6) is -2.89. The molecule has 4 fully saturated rings. The lowest BCUT2D eigenvalue weighted by Crippen LogP contribution is -2.40. The zero-order chi connectivity index (χ0) is 89.0. The lowest BCUT2D eigenvalue weighted by atomic mass is 9.93. The number of carbonyl (C=O) groups excluding carboxylic acids is 4. The molecule has 4 amide bonds. The molecule has 0 N–H and O–H groups in total. The number of pyridine rings is 1. The van der Waals surface area contributed by atoms with Crippen LogP contribution in [-0.2, 0) is 45.8 Å². The Morgan fingerprint density at radius 2 is 0.855 bits per heavy atom. The number of aryl methyl sites for hydroxylation is 8. The molecule has 0 radical (unpaired) electrons. The van der Waals surface area contributed by atoms with Crippen molar-refractivity contribution in [1.82, 2.24) is 72.8 Å². The molecule has 0 bridgehead atoms. The van der Waals surface area contributed by atoms with Crippen molar-refractivity contribution in [3.63, 3.8) is 0 Å². The summed E-state index contributed by atoms with van der Waals surface area (Å²) in [7, 11) is 1.72. The van der Waals surface area contributed by atoms with Crippen molar-refractivity contribution in [2.45, 2.75) is 132 Å². The zero-order valence-electron chi connectivity index (χ0n) is 69.9. The van der Waals surface area contributed by atoms with E-state index in [-0.39, 0.29) is 40.8 Å². The molecule has 12 aromatic rings. The molecule has 0 spiro atoms. The molecular weight excluding hydrogens is 1800 g/mol. The van der Waals surface area contributed by atoms with Crippen molar-refractivity contribution in [2.75, 3.05) is 92.5 Å². The van der Waals surface area contributed by atoms with Gasteiger partial charge in [-0.15, -0.1) is 0 Å². The van der Waals surface area contributed by atoms with Gasteiger partial charge in [0.1, 0.15) is 22.6 Å². The van der Waals surface area contributed by atoms with Gasteiger partial charge in [0.2, 0.25) is 0 Å². The molecule has 16 rings (SSSR count). The molecule has 12 heterocycles. The number of methoxy groups -OCH3 is 1. The number of benzene rings is 4. The van der Waals surface area contributed by atoms with E-state index in [2.05, 4.69) is 31.3 Å². The predicted molar refractivity (Wildman–Crippen MR) is 482 cm³/mol. The summed E-state index contributed by atoms with van der Waals surface area (Å²) < 4.78 is 50.3. The van der Waals surface area contributed by atoms with Crippen LogP contribution in [0.2, 0.25) is 50.5 Å². The van der Waals surface area contributed by atoms with Crippen LogP contribution in [0.25, 0.3) is 22.6 Å². The number of hydrogen-bond acceptors (Lipinski definition) is 15. The van der Waals surface area contributed by atoms with Gasteiger partial charge in [0.25, 0.3) is 29.6 Å². The third-order valence-corrected chi connectivity index (χ3v) is 26.6. The second-order valence-corrected chi connectivity index (χ2v) is 35.2. The van der Waals surface area contributed by atoms with Crippen LogP contribution < -0.4 is 0 Å². The van der Waals surface area contributed by atoms with Gasteiger partial charge in [-0.25, -0.2) is 33.5 Å². The average Bonchev–Trinajstić information content (AvgIpc) is 1.63. The number of ether oxygens (including phenoxy) is 3. The number of carbonyl (C=O) groups is 4. The minimum atomic E-state index is -3.07. The maximum absolute atomic E-state index is 13.9. The van der Waals surface area contributed by atoms with E-state index < -0.39 is 5.92 Å². The van der Waals surface area contributed by atoms with Crippen molar-refractivity contribution in [3.05, 3.63) is 253 Å². The molecule has 35 heteroatoms. The highest BCUT2D eigenvalue weighted by atomic mass is 35.5. The van der Waals surface area contributed by atoms with E-state index in [1.807, 2.05) is 67.9 Å². The van der Waals surface area contributed by atoms with Crippen LogP contribution in [0.3, 0.4) is 0 Å². The quantitative estimate of drug-likeness (QED) is 0.0873. The van der Waals surface area contributed by atoms with E-state index in [0.29, 0.717) is 215 Å². The van der Waals surface area contributed by atoms with Crippen LogP contribution in [0.4, 0.5) is 8.78 Å². The van der Waals surface area contributed by atoms with Gasteiger partial charge in [-0.05, 0) is 217 Å². The molecular formula is C89H90Cl10F2N16O7. The average molecular weight is 1890 g/mol. The third kappa shape index (κ3) is 20.4. The highest BCUT2D eigenvalue weighted by Gasteiger charge is 2.33. The first-order chi connectivity index (χ1) is 59.1. The first-order valence-corrected chi connectivity index (χ1v) is 44.3. The van der Waals surface area contributed by atoms with Gasteiger partial charge >= 0.3 is 0 Å². The normalized spacial score (nSPS) is 14.7. The number of nitriles is 1. The summed E-state index contributed by atoms with van der Waals surface area (Å²) in [5, 5.41) is 26.3. The van der Waals surface area contributed by atoms with E-state index in [1.165, 1.54) is 10.6 Å². The van der Waals surface area contributed by atoms with Gasteiger partial charge in [0.15, 0.2) is 22.1 Å². The van der Waals surface area contributed by atoms with Crippen LogP contribution in [0.5, 0.6) is 0 Å². The third-order valence-electron chi connectivity index (χ3n) is 22.9. The van der Waals surface area contributed by atoms with Crippen LogP contribution in [0.1, 0.15) is 188 Å². The molecule has 4 aliphatic rings. The predicted octanol–water partition coefficient (Wildman–Crippen LogP) is 20.3. The molecule has 0 saturated carbocycles. The molecule has 4 aliphatic heterocycles. The molecule has 23 nitrogen and oxygen atoms in total. The molecule has 0 aliphatic carbocycles. The zero-order valence-corrected chi connectivity index (χ0v) is 77.5. The second-order valence-electron chi connectivity index (χ2n) is 31.3. The Labute approximate surface area is 766 Å². The molecule has 4 aromatic carbocycles. The Morgan fingerprint density at radius 1 is 0.468 bits per heavy atom. The fourth-order valence-electron chi connectivity index (χ4n) is 15.6. The summed E-state index contributed by atoms with van der Waals surface area (Å²) in [4.78, 5) is 78.1. The van der Waals surface area contributed by atoms with Gasteiger partial charge in [-0.3, -0.25) is 19.2 Å². The van der Waals surface area contributed by atoms with Crippen molar-refractivity contribution >= 4 is 162 Å². The maximum Gasteiger partial charge on any atom is 0.288 e. The number of amides is 4. The van der Waals surface area contributed by atoms with Crippen LogP contribution in [-0.4, -0.2) is 189 Å².